The molecule has 31 heavy (non-hydrogen) atoms. The maximum Gasteiger partial charge on any atom is 0.260 e. The Kier molecular flexibility index (Phi) is 5.74. The second kappa shape index (κ2) is 8.47. The van der Waals surface area contributed by atoms with Crippen LogP contribution in [0.4, 0.5) is 5.13 Å². The molecule has 4 rings (SSSR count). The van der Waals surface area contributed by atoms with Gasteiger partial charge in [-0.25, -0.2) is 4.98 Å². The summed E-state index contributed by atoms with van der Waals surface area (Å²) >= 11 is 1.49. The van der Waals surface area contributed by atoms with Crippen molar-refractivity contribution in [1.29, 1.82) is 0 Å². The van der Waals surface area contributed by atoms with Gasteiger partial charge >= 0.3 is 0 Å². The highest BCUT2D eigenvalue weighted by molar-refractivity contribution is 7.22. The van der Waals surface area contributed by atoms with Crippen LogP contribution < -0.4 is 9.64 Å². The number of pyridine rings is 1. The van der Waals surface area contributed by atoms with E-state index < -0.39 is 0 Å². The zero-order valence-electron chi connectivity index (χ0n) is 18.1. The van der Waals surface area contributed by atoms with Gasteiger partial charge < -0.3 is 4.74 Å². The standard InChI is InChI=1S/C25H25N3O2S/c1-25(2,3)19-9-7-18(8-10-19)23(29)28(16-17-6-5-13-26-15-17)24-27-21-14-20(30-4)11-12-22(21)31-24/h5-15H,16H2,1-4H3. The first-order valence-electron chi connectivity index (χ1n) is 10.1. The van der Waals surface area contributed by atoms with Crippen LogP contribution in [0.15, 0.2) is 67.0 Å². The Bertz CT molecular complexity index is 1200. The minimum atomic E-state index is -0.0877. The van der Waals surface area contributed by atoms with E-state index >= 15 is 0 Å². The quantitative estimate of drug-likeness (QED) is 0.398. The van der Waals surface area contributed by atoms with E-state index in [-0.39, 0.29) is 11.3 Å². The Morgan fingerprint density at radius 3 is 2.52 bits per heavy atom. The van der Waals surface area contributed by atoms with Crippen LogP contribution in [0, 0.1) is 0 Å². The SMILES string of the molecule is COc1ccc2sc(N(Cc3cccnc3)C(=O)c3ccc(C(C)(C)C)cc3)nc2c1. The molecular formula is C25H25N3O2S. The molecule has 0 aliphatic carbocycles. The summed E-state index contributed by atoms with van der Waals surface area (Å²) < 4.78 is 6.32. The smallest absolute Gasteiger partial charge is 0.260 e. The van der Waals surface area contributed by atoms with Crippen molar-refractivity contribution in [3.63, 3.8) is 0 Å². The molecule has 0 unspecified atom stereocenters. The summed E-state index contributed by atoms with van der Waals surface area (Å²) in [4.78, 5) is 24.2. The third kappa shape index (κ3) is 4.59. The molecule has 0 N–H and O–H groups in total. The predicted molar refractivity (Wildman–Crippen MR) is 126 cm³/mol. The molecule has 0 spiro atoms. The lowest BCUT2D eigenvalue weighted by Gasteiger charge is -2.22. The van der Waals surface area contributed by atoms with E-state index in [1.807, 2.05) is 54.6 Å². The fourth-order valence-electron chi connectivity index (χ4n) is 3.31. The van der Waals surface area contributed by atoms with Crippen molar-refractivity contribution >= 4 is 32.6 Å². The Morgan fingerprint density at radius 2 is 1.87 bits per heavy atom. The minimum Gasteiger partial charge on any atom is -0.497 e. The number of methoxy groups -OCH3 is 1. The summed E-state index contributed by atoms with van der Waals surface area (Å²) in [6.45, 7) is 6.88. The summed E-state index contributed by atoms with van der Waals surface area (Å²) in [6, 6.07) is 17.5. The zero-order chi connectivity index (χ0) is 22.0. The zero-order valence-corrected chi connectivity index (χ0v) is 18.9. The number of nitrogens with zero attached hydrogens (tertiary/aromatic N) is 3. The number of carbonyl (C=O) groups excluding carboxylic acids is 1. The van der Waals surface area contributed by atoms with Crippen LogP contribution in [0.2, 0.25) is 0 Å². The van der Waals surface area contributed by atoms with Crippen molar-refractivity contribution in [3.8, 4) is 5.75 Å². The first-order chi connectivity index (χ1) is 14.8. The van der Waals surface area contributed by atoms with Crippen LogP contribution >= 0.6 is 11.3 Å². The molecule has 0 saturated carbocycles. The van der Waals surface area contributed by atoms with E-state index in [4.69, 9.17) is 9.72 Å². The van der Waals surface area contributed by atoms with Gasteiger partial charge in [-0.1, -0.05) is 50.3 Å². The molecule has 158 valence electrons. The van der Waals surface area contributed by atoms with Gasteiger partial charge in [0.25, 0.3) is 5.91 Å². The van der Waals surface area contributed by atoms with Gasteiger partial charge in [-0.15, -0.1) is 0 Å². The normalized spacial score (nSPS) is 11.5. The second-order valence-electron chi connectivity index (χ2n) is 8.41. The van der Waals surface area contributed by atoms with Gasteiger partial charge in [-0.3, -0.25) is 14.7 Å². The predicted octanol–water partition coefficient (Wildman–Crippen LogP) is 5.84. The molecule has 0 radical (unpaired) electrons. The number of hydrogen-bond donors (Lipinski definition) is 0. The van der Waals surface area contributed by atoms with Gasteiger partial charge in [-0.2, -0.15) is 0 Å². The third-order valence-corrected chi connectivity index (χ3v) is 6.18. The molecule has 0 aliphatic heterocycles. The topological polar surface area (TPSA) is 55.3 Å². The summed E-state index contributed by atoms with van der Waals surface area (Å²) in [7, 11) is 1.63. The molecule has 2 heterocycles. The van der Waals surface area contributed by atoms with Crippen LogP contribution in [0.5, 0.6) is 5.75 Å². The lowest BCUT2D eigenvalue weighted by Crippen LogP contribution is -2.30. The van der Waals surface area contributed by atoms with E-state index in [9.17, 15) is 4.79 Å². The number of rotatable bonds is 5. The number of benzene rings is 2. The Morgan fingerprint density at radius 1 is 1.10 bits per heavy atom. The summed E-state index contributed by atoms with van der Waals surface area (Å²) in [6.07, 6.45) is 3.50. The largest absolute Gasteiger partial charge is 0.497 e. The number of anilines is 1. The Balaban J connectivity index is 1.73. The van der Waals surface area contributed by atoms with E-state index in [2.05, 4.69) is 25.8 Å². The highest BCUT2D eigenvalue weighted by Gasteiger charge is 2.23. The lowest BCUT2D eigenvalue weighted by atomic mass is 9.86. The highest BCUT2D eigenvalue weighted by Crippen LogP contribution is 2.33. The lowest BCUT2D eigenvalue weighted by molar-refractivity contribution is 0.0985. The highest BCUT2D eigenvalue weighted by atomic mass is 32.1. The number of amides is 1. The molecule has 2 aromatic heterocycles. The van der Waals surface area contributed by atoms with E-state index in [0.717, 1.165) is 21.5 Å². The second-order valence-corrected chi connectivity index (χ2v) is 9.42. The van der Waals surface area contributed by atoms with Gasteiger partial charge in [-0.05, 0) is 46.9 Å². The van der Waals surface area contributed by atoms with E-state index in [1.54, 1.807) is 24.4 Å². The molecular weight excluding hydrogens is 406 g/mol. The average molecular weight is 432 g/mol. The maximum atomic E-state index is 13.6. The van der Waals surface area contributed by atoms with Crippen molar-refractivity contribution in [2.24, 2.45) is 0 Å². The van der Waals surface area contributed by atoms with Gasteiger partial charge in [0.15, 0.2) is 5.13 Å². The van der Waals surface area contributed by atoms with Crippen molar-refractivity contribution < 1.29 is 9.53 Å². The molecule has 0 saturated heterocycles. The maximum absolute atomic E-state index is 13.6. The Hall–Kier alpha value is -3.25. The molecule has 5 nitrogen and oxygen atoms in total. The van der Waals surface area contributed by atoms with Gasteiger partial charge in [0, 0.05) is 24.0 Å². The van der Waals surface area contributed by atoms with Crippen LogP contribution in [-0.4, -0.2) is 23.0 Å². The summed E-state index contributed by atoms with van der Waals surface area (Å²) in [5.74, 6) is 0.655. The van der Waals surface area contributed by atoms with E-state index in [1.165, 1.54) is 16.9 Å². The molecule has 0 fully saturated rings. The molecule has 6 heteroatoms. The molecule has 1 amide bonds. The van der Waals surface area contributed by atoms with Crippen LogP contribution in [0.3, 0.4) is 0 Å². The van der Waals surface area contributed by atoms with Crippen molar-refractivity contribution in [2.75, 3.05) is 12.0 Å². The molecule has 2 aromatic carbocycles. The number of aromatic nitrogens is 2. The van der Waals surface area contributed by atoms with Crippen molar-refractivity contribution in [1.82, 2.24) is 9.97 Å². The van der Waals surface area contributed by atoms with Gasteiger partial charge in [0.1, 0.15) is 5.75 Å². The fourth-order valence-corrected chi connectivity index (χ4v) is 4.25. The van der Waals surface area contributed by atoms with Crippen molar-refractivity contribution in [2.45, 2.75) is 32.7 Å². The number of thiazole rings is 1. The molecule has 0 aliphatic rings. The molecule has 0 atom stereocenters. The molecule has 4 aromatic rings. The van der Waals surface area contributed by atoms with Gasteiger partial charge in [0.05, 0.1) is 23.9 Å². The minimum absolute atomic E-state index is 0.0308. The van der Waals surface area contributed by atoms with Crippen LogP contribution in [-0.2, 0) is 12.0 Å². The van der Waals surface area contributed by atoms with E-state index in [0.29, 0.717) is 17.2 Å². The van der Waals surface area contributed by atoms with Gasteiger partial charge in [0.2, 0.25) is 0 Å². The summed E-state index contributed by atoms with van der Waals surface area (Å²) in [5.41, 5.74) is 3.61. The fraction of sp³-hybridized carbons (Fsp3) is 0.240. The molecule has 0 bridgehead atoms. The first kappa shape index (κ1) is 21.0. The van der Waals surface area contributed by atoms with Crippen LogP contribution in [0.1, 0.15) is 42.3 Å². The third-order valence-electron chi connectivity index (χ3n) is 5.12. The monoisotopic (exact) mass is 431 g/mol. The first-order valence-corrected chi connectivity index (χ1v) is 10.9. The Labute approximate surface area is 186 Å². The number of carbonyl (C=O) groups is 1. The summed E-state index contributed by atoms with van der Waals surface area (Å²) in [5, 5.41) is 0.650. The number of hydrogen-bond acceptors (Lipinski definition) is 5. The average Bonchev–Trinajstić information content (AvgIpc) is 3.20. The van der Waals surface area contributed by atoms with Crippen molar-refractivity contribution in [3.05, 3.63) is 83.7 Å². The van der Waals surface area contributed by atoms with Crippen LogP contribution in [0.25, 0.3) is 10.2 Å². The number of fused-ring (bicyclic) bond motifs is 1. The number of ether oxygens (including phenoxy) is 1.